The number of benzene rings is 1. The minimum atomic E-state index is -0.391. The first-order chi connectivity index (χ1) is 8.56. The minimum absolute atomic E-state index is 0.104. The van der Waals surface area contributed by atoms with E-state index in [4.69, 9.17) is 4.74 Å². The Balaban J connectivity index is 2.03. The van der Waals surface area contributed by atoms with Crippen LogP contribution in [0.5, 0.6) is 5.75 Å². The highest BCUT2D eigenvalue weighted by Crippen LogP contribution is 2.42. The van der Waals surface area contributed by atoms with Crippen molar-refractivity contribution in [3.05, 3.63) is 33.9 Å². The number of rotatable bonds is 5. The summed E-state index contributed by atoms with van der Waals surface area (Å²) in [6, 6.07) is 4.71. The van der Waals surface area contributed by atoms with Gasteiger partial charge in [-0.25, -0.2) is 0 Å². The van der Waals surface area contributed by atoms with Crippen LogP contribution in [0, 0.1) is 22.5 Å². The van der Waals surface area contributed by atoms with Gasteiger partial charge in [-0.15, -0.1) is 0 Å². The second-order valence-corrected chi connectivity index (χ2v) is 5.32. The van der Waals surface area contributed by atoms with E-state index in [1.807, 2.05) is 6.92 Å². The van der Waals surface area contributed by atoms with Crippen LogP contribution in [0.15, 0.2) is 18.2 Å². The lowest BCUT2D eigenvalue weighted by Gasteiger charge is -2.40. The number of nitro benzene ring substituents is 1. The Morgan fingerprint density at radius 2 is 2.22 bits per heavy atom. The van der Waals surface area contributed by atoms with Gasteiger partial charge in [0, 0.05) is 17.5 Å². The van der Waals surface area contributed by atoms with Crippen LogP contribution in [0.3, 0.4) is 0 Å². The van der Waals surface area contributed by atoms with Crippen LogP contribution in [-0.2, 0) is 0 Å². The zero-order valence-corrected chi connectivity index (χ0v) is 11.3. The molecule has 1 aliphatic carbocycles. The van der Waals surface area contributed by atoms with Crippen LogP contribution in [0.2, 0.25) is 0 Å². The first-order valence-electron chi connectivity index (χ1n) is 6.05. The third kappa shape index (κ3) is 2.61. The zero-order chi connectivity index (χ0) is 13.2. The van der Waals surface area contributed by atoms with E-state index >= 15 is 0 Å². The normalized spacial score (nSPS) is 17.0. The summed E-state index contributed by atoms with van der Waals surface area (Å²) in [4.78, 5) is 10.2. The van der Waals surface area contributed by atoms with Gasteiger partial charge in [0.1, 0.15) is 5.75 Å². The van der Waals surface area contributed by atoms with E-state index in [0.717, 1.165) is 29.9 Å². The first kappa shape index (κ1) is 13.2. The van der Waals surface area contributed by atoms with E-state index in [9.17, 15) is 10.1 Å². The molecule has 0 radical (unpaired) electrons. The van der Waals surface area contributed by atoms with Gasteiger partial charge >= 0.3 is 0 Å². The van der Waals surface area contributed by atoms with E-state index in [2.05, 4.69) is 12.6 Å². The predicted octanol–water partition coefficient (Wildman–Crippen LogP) is 3.38. The topological polar surface area (TPSA) is 52.4 Å². The average Bonchev–Trinajstić information content (AvgIpc) is 2.29. The summed E-state index contributed by atoms with van der Waals surface area (Å²) in [5.74, 6) is 1.56. The quantitative estimate of drug-likeness (QED) is 0.505. The number of hydrogen-bond donors (Lipinski definition) is 1. The van der Waals surface area contributed by atoms with Crippen LogP contribution < -0.4 is 4.74 Å². The highest BCUT2D eigenvalue weighted by molar-refractivity contribution is 7.80. The van der Waals surface area contributed by atoms with Gasteiger partial charge in [0.05, 0.1) is 11.5 Å². The van der Waals surface area contributed by atoms with Gasteiger partial charge in [0.15, 0.2) is 0 Å². The Kier molecular flexibility index (Phi) is 3.80. The van der Waals surface area contributed by atoms with Crippen LogP contribution >= 0.6 is 12.6 Å². The molecule has 0 saturated heterocycles. The van der Waals surface area contributed by atoms with Crippen molar-refractivity contribution in [3.63, 3.8) is 0 Å². The molecule has 0 heterocycles. The van der Waals surface area contributed by atoms with Crippen molar-refractivity contribution >= 4 is 18.3 Å². The van der Waals surface area contributed by atoms with E-state index in [-0.39, 0.29) is 11.1 Å². The van der Waals surface area contributed by atoms with Crippen molar-refractivity contribution in [2.24, 2.45) is 5.41 Å². The Morgan fingerprint density at radius 1 is 1.50 bits per heavy atom. The Bertz CT molecular complexity index is 452. The van der Waals surface area contributed by atoms with E-state index in [1.165, 1.54) is 12.5 Å². The van der Waals surface area contributed by atoms with Gasteiger partial charge in [-0.1, -0.05) is 6.42 Å². The fraction of sp³-hybridized carbons (Fsp3) is 0.538. The molecule has 18 heavy (non-hydrogen) atoms. The summed E-state index contributed by atoms with van der Waals surface area (Å²) in [5.41, 5.74) is 1.11. The lowest BCUT2D eigenvalue weighted by atomic mass is 9.71. The molecule has 0 aliphatic heterocycles. The predicted molar refractivity (Wildman–Crippen MR) is 73.5 cm³/mol. The monoisotopic (exact) mass is 267 g/mol. The van der Waals surface area contributed by atoms with Gasteiger partial charge in [-0.05, 0) is 37.1 Å². The number of aryl methyl sites for hydroxylation is 1. The van der Waals surface area contributed by atoms with E-state index < -0.39 is 4.92 Å². The highest BCUT2D eigenvalue weighted by Gasteiger charge is 2.36. The third-order valence-electron chi connectivity index (χ3n) is 3.65. The lowest BCUT2D eigenvalue weighted by Crippen LogP contribution is -2.37. The Morgan fingerprint density at radius 3 is 2.67 bits per heavy atom. The second kappa shape index (κ2) is 5.18. The smallest absolute Gasteiger partial charge is 0.269 e. The number of nitrogens with zero attached hydrogens (tertiary/aromatic N) is 1. The molecule has 0 amide bonds. The molecule has 1 aliphatic rings. The number of nitro groups is 1. The van der Waals surface area contributed by atoms with Crippen molar-refractivity contribution in [1.29, 1.82) is 0 Å². The maximum Gasteiger partial charge on any atom is 0.269 e. The number of non-ortho nitro benzene ring substituents is 1. The maximum absolute atomic E-state index is 10.6. The maximum atomic E-state index is 10.6. The van der Waals surface area contributed by atoms with Crippen LogP contribution in [0.4, 0.5) is 5.69 Å². The molecule has 1 fully saturated rings. The minimum Gasteiger partial charge on any atom is -0.493 e. The second-order valence-electron chi connectivity index (χ2n) is 5.01. The Labute approximate surface area is 112 Å². The molecule has 0 unspecified atom stereocenters. The van der Waals surface area contributed by atoms with Crippen LogP contribution in [0.25, 0.3) is 0 Å². The summed E-state index contributed by atoms with van der Waals surface area (Å²) in [6.07, 6.45) is 3.55. The molecule has 0 bridgehead atoms. The van der Waals surface area contributed by atoms with Crippen molar-refractivity contribution < 1.29 is 9.66 Å². The zero-order valence-electron chi connectivity index (χ0n) is 10.4. The number of ether oxygens (including phenoxy) is 1. The van der Waals surface area contributed by atoms with Gasteiger partial charge in [0.25, 0.3) is 5.69 Å². The van der Waals surface area contributed by atoms with Gasteiger partial charge in [-0.3, -0.25) is 10.1 Å². The SMILES string of the molecule is Cc1cc([N+](=O)[O-])ccc1OCC1(CS)CCC1. The average molecular weight is 267 g/mol. The third-order valence-corrected chi connectivity index (χ3v) is 4.32. The molecule has 5 heteroatoms. The fourth-order valence-corrected chi connectivity index (χ4v) is 2.57. The van der Waals surface area contributed by atoms with Crippen molar-refractivity contribution in [2.75, 3.05) is 12.4 Å². The molecule has 4 nitrogen and oxygen atoms in total. The first-order valence-corrected chi connectivity index (χ1v) is 6.68. The molecule has 0 aromatic heterocycles. The molecule has 0 spiro atoms. The standard InChI is InChI=1S/C13H17NO3S/c1-10-7-11(14(15)16)3-4-12(10)17-8-13(9-18)5-2-6-13/h3-4,7,18H,2,5-6,8-9H2,1H3. The lowest BCUT2D eigenvalue weighted by molar-refractivity contribution is -0.384. The summed E-state index contributed by atoms with van der Waals surface area (Å²) in [6.45, 7) is 2.48. The molecule has 98 valence electrons. The van der Waals surface area contributed by atoms with Gasteiger partial charge in [0.2, 0.25) is 0 Å². The molecule has 1 saturated carbocycles. The summed E-state index contributed by atoms with van der Waals surface area (Å²) in [5, 5.41) is 10.6. The highest BCUT2D eigenvalue weighted by atomic mass is 32.1. The molecular weight excluding hydrogens is 250 g/mol. The Hall–Kier alpha value is -1.23. The largest absolute Gasteiger partial charge is 0.493 e. The van der Waals surface area contributed by atoms with Crippen LogP contribution in [-0.4, -0.2) is 17.3 Å². The summed E-state index contributed by atoms with van der Waals surface area (Å²) >= 11 is 4.38. The molecule has 0 atom stereocenters. The van der Waals surface area contributed by atoms with E-state index in [0.29, 0.717) is 6.61 Å². The molecule has 0 N–H and O–H groups in total. The number of hydrogen-bond acceptors (Lipinski definition) is 4. The summed E-state index contributed by atoms with van der Waals surface area (Å²) < 4.78 is 5.80. The van der Waals surface area contributed by atoms with Crippen molar-refractivity contribution in [1.82, 2.24) is 0 Å². The van der Waals surface area contributed by atoms with Crippen molar-refractivity contribution in [3.8, 4) is 5.75 Å². The van der Waals surface area contributed by atoms with Gasteiger partial charge in [-0.2, -0.15) is 12.6 Å². The van der Waals surface area contributed by atoms with Crippen molar-refractivity contribution in [2.45, 2.75) is 26.2 Å². The number of thiol groups is 1. The van der Waals surface area contributed by atoms with Crippen LogP contribution in [0.1, 0.15) is 24.8 Å². The summed E-state index contributed by atoms with van der Waals surface area (Å²) in [7, 11) is 0. The molecule has 1 aromatic carbocycles. The fourth-order valence-electron chi connectivity index (χ4n) is 2.16. The molecule has 2 rings (SSSR count). The molecule has 1 aromatic rings. The van der Waals surface area contributed by atoms with E-state index in [1.54, 1.807) is 12.1 Å². The van der Waals surface area contributed by atoms with Gasteiger partial charge < -0.3 is 4.74 Å². The molecular formula is C13H17NO3S.